The highest BCUT2D eigenvalue weighted by Gasteiger charge is 2.40. The number of aryl methyl sites for hydroxylation is 2. The van der Waals surface area contributed by atoms with Crippen LogP contribution in [0.1, 0.15) is 133 Å². The molecule has 0 aliphatic rings. The molecule has 0 amide bonds. The number of aromatic hydroxyl groups is 2. The van der Waals surface area contributed by atoms with Crippen molar-refractivity contribution >= 4 is 21.8 Å². The minimum Gasteiger partial charge on any atom is -0.507 e. The van der Waals surface area contributed by atoms with E-state index in [0.29, 0.717) is 33.4 Å². The van der Waals surface area contributed by atoms with E-state index < -0.39 is 45.1 Å². The number of carbonyl (C=O) groups is 2. The largest absolute Gasteiger partial charge is 0.507 e. The third kappa shape index (κ3) is 9.61. The van der Waals surface area contributed by atoms with E-state index in [1.165, 1.54) is 0 Å². The number of benzene rings is 4. The lowest BCUT2D eigenvalue weighted by Crippen LogP contribution is -2.26. The van der Waals surface area contributed by atoms with E-state index in [1.54, 1.807) is 74.5 Å². The third-order valence-corrected chi connectivity index (χ3v) is 14.1. The molecule has 4 aromatic rings. The Labute approximate surface area is 327 Å². The van der Waals surface area contributed by atoms with Crippen LogP contribution in [0.15, 0.2) is 72.8 Å². The highest BCUT2D eigenvalue weighted by molar-refractivity contribution is 7.92. The van der Waals surface area contributed by atoms with Gasteiger partial charge < -0.3 is 19.7 Å². The summed E-state index contributed by atoms with van der Waals surface area (Å²) in [6.45, 7) is 19.5. The lowest BCUT2D eigenvalue weighted by Gasteiger charge is -2.27. The van der Waals surface area contributed by atoms with Crippen molar-refractivity contribution in [1.29, 1.82) is 0 Å². The first-order chi connectivity index (χ1) is 25.8. The summed E-state index contributed by atoms with van der Waals surface area (Å²) in [6, 6.07) is 20.8. The lowest BCUT2D eigenvalue weighted by molar-refractivity contribution is -0.145. The molecule has 2 N–H and O–H groups in total. The Balaban J connectivity index is 1.62. The Hall–Kier alpha value is -4.63. The Morgan fingerprint density at radius 3 is 1.25 bits per heavy atom. The number of phenolic OH excluding ortho intramolecular Hbond substituents is 2. The molecule has 55 heavy (non-hydrogen) atoms. The molecule has 0 saturated carbocycles. The molecule has 0 aromatic heterocycles. The van der Waals surface area contributed by atoms with Crippen LogP contribution >= 0.6 is 0 Å². The lowest BCUT2D eigenvalue weighted by atomic mass is 9.79. The van der Waals surface area contributed by atoms with Crippen molar-refractivity contribution < 1.29 is 37.7 Å². The summed E-state index contributed by atoms with van der Waals surface area (Å²) in [5.41, 5.74) is 6.16. The maximum absolute atomic E-state index is 14.8. The van der Waals surface area contributed by atoms with Crippen LogP contribution < -0.4 is 0 Å². The number of sulfone groups is 1. The van der Waals surface area contributed by atoms with E-state index in [1.807, 2.05) is 26.0 Å². The van der Waals surface area contributed by atoms with Gasteiger partial charge in [-0.3, -0.25) is 9.59 Å². The summed E-state index contributed by atoms with van der Waals surface area (Å²) in [5.74, 6) is -1.15. The molecule has 0 radical (unpaired) electrons. The predicted octanol–water partition coefficient (Wildman–Crippen LogP) is 10.2. The van der Waals surface area contributed by atoms with Crippen molar-refractivity contribution in [3.8, 4) is 11.5 Å². The molecule has 4 rings (SSSR count). The van der Waals surface area contributed by atoms with Crippen LogP contribution in [0.3, 0.4) is 0 Å². The number of esters is 2. The second kappa shape index (κ2) is 17.4. The molecule has 0 saturated heterocycles. The van der Waals surface area contributed by atoms with Gasteiger partial charge in [-0.15, -0.1) is 0 Å². The predicted molar refractivity (Wildman–Crippen MR) is 218 cm³/mol. The Morgan fingerprint density at radius 2 is 0.945 bits per heavy atom. The van der Waals surface area contributed by atoms with Crippen LogP contribution in [0.2, 0.25) is 0 Å². The molecule has 0 aliphatic heterocycles. The molecule has 4 aromatic carbocycles. The first kappa shape index (κ1) is 43.1. The average Bonchev–Trinajstić information content (AvgIpc) is 3.16. The minimum absolute atomic E-state index is 0.141. The normalized spacial score (nSPS) is 13.3. The van der Waals surface area contributed by atoms with Crippen molar-refractivity contribution in [1.82, 2.24) is 0 Å². The zero-order valence-corrected chi connectivity index (χ0v) is 34.9. The van der Waals surface area contributed by atoms with Gasteiger partial charge in [0.15, 0.2) is 9.84 Å². The Bertz CT molecular complexity index is 1960. The number of hydrogen-bond donors (Lipinski definition) is 2. The second-order valence-corrected chi connectivity index (χ2v) is 18.3. The van der Waals surface area contributed by atoms with E-state index >= 15 is 0 Å². The zero-order valence-electron chi connectivity index (χ0n) is 34.1. The Morgan fingerprint density at radius 1 is 0.618 bits per heavy atom. The summed E-state index contributed by atoms with van der Waals surface area (Å²) in [5, 5.41) is 19.5. The van der Waals surface area contributed by atoms with Gasteiger partial charge in [0.2, 0.25) is 0 Å². The monoisotopic (exact) mass is 770 g/mol. The first-order valence-electron chi connectivity index (χ1n) is 19.1. The molecule has 0 fully saturated rings. The minimum atomic E-state index is -4.30. The van der Waals surface area contributed by atoms with Gasteiger partial charge in [-0.1, -0.05) is 114 Å². The maximum atomic E-state index is 14.8. The van der Waals surface area contributed by atoms with Gasteiger partial charge in [0, 0.05) is 11.1 Å². The standard InChI is InChI=1S/C46H58O8S/c1-11-45(7,8)37-23-29(3)35(31(5)43(37)49)27-53-41(47)25-39(33-19-15-13-16-20-33)55(51,52)40(34-21-17-14-18-22-34)26-42(48)54-28-36-30(4)24-38(44(50)32(36)6)46(9,10)12-2/h13-24,39-40,49-50H,11-12,25-28H2,1-10H3. The third-order valence-electron chi connectivity index (χ3n) is 11.6. The number of ether oxygens (including phenoxy) is 2. The van der Waals surface area contributed by atoms with Gasteiger partial charge in [-0.2, -0.15) is 0 Å². The topological polar surface area (TPSA) is 127 Å². The van der Waals surface area contributed by atoms with Crippen LogP contribution in [0.4, 0.5) is 0 Å². The van der Waals surface area contributed by atoms with Crippen LogP contribution in [0, 0.1) is 27.7 Å². The van der Waals surface area contributed by atoms with E-state index in [4.69, 9.17) is 9.47 Å². The van der Waals surface area contributed by atoms with E-state index in [2.05, 4.69) is 41.5 Å². The number of carbonyl (C=O) groups excluding carboxylic acids is 2. The quantitative estimate of drug-likeness (QED) is 0.108. The molecular weight excluding hydrogens is 713 g/mol. The molecule has 9 heteroatoms. The summed E-state index contributed by atoms with van der Waals surface area (Å²) in [6.07, 6.45) is 0.655. The van der Waals surface area contributed by atoms with E-state index in [0.717, 1.165) is 35.1 Å². The van der Waals surface area contributed by atoms with Gasteiger partial charge in [0.25, 0.3) is 0 Å². The molecule has 296 valence electrons. The fourth-order valence-electron chi connectivity index (χ4n) is 6.99. The molecule has 0 aliphatic carbocycles. The summed E-state index contributed by atoms with van der Waals surface area (Å²) in [4.78, 5) is 27.2. The van der Waals surface area contributed by atoms with E-state index in [-0.39, 0.29) is 35.5 Å². The summed E-state index contributed by atoms with van der Waals surface area (Å²) in [7, 11) is -4.30. The molecule has 2 unspecified atom stereocenters. The highest BCUT2D eigenvalue weighted by atomic mass is 32.2. The van der Waals surface area contributed by atoms with Crippen LogP contribution in [-0.2, 0) is 52.9 Å². The second-order valence-electron chi connectivity index (χ2n) is 16.0. The molecular formula is C46H58O8S. The number of phenols is 2. The Kier molecular flexibility index (Phi) is 13.7. The zero-order chi connectivity index (χ0) is 40.9. The number of hydrogen-bond acceptors (Lipinski definition) is 8. The maximum Gasteiger partial charge on any atom is 0.307 e. The fourth-order valence-corrected chi connectivity index (χ4v) is 9.20. The molecule has 2 atom stereocenters. The summed E-state index contributed by atoms with van der Waals surface area (Å²) < 4.78 is 41.1. The van der Waals surface area contributed by atoms with Crippen LogP contribution in [0.25, 0.3) is 0 Å². The molecule has 0 spiro atoms. The van der Waals surface area contributed by atoms with Gasteiger partial charge in [-0.25, -0.2) is 8.42 Å². The fraction of sp³-hybridized carbons (Fsp3) is 0.435. The van der Waals surface area contributed by atoms with Crippen molar-refractivity contribution in [3.63, 3.8) is 0 Å². The smallest absolute Gasteiger partial charge is 0.307 e. The molecule has 8 nitrogen and oxygen atoms in total. The van der Waals surface area contributed by atoms with Gasteiger partial charge in [-0.05, 0) is 95.9 Å². The van der Waals surface area contributed by atoms with E-state index in [9.17, 15) is 28.2 Å². The van der Waals surface area contributed by atoms with Crippen LogP contribution in [-0.4, -0.2) is 30.6 Å². The first-order valence-corrected chi connectivity index (χ1v) is 20.7. The SMILES string of the molecule is CCC(C)(C)c1cc(C)c(COC(=O)CC(c2ccccc2)S(=O)(=O)C(CC(=O)OCc2c(C)cc(C(C)(C)CC)c(O)c2C)c2ccccc2)c(C)c1O. The van der Waals surface area contributed by atoms with Gasteiger partial charge >= 0.3 is 11.9 Å². The van der Waals surface area contributed by atoms with Gasteiger partial charge in [0.1, 0.15) is 24.7 Å². The molecule has 0 bridgehead atoms. The van der Waals surface area contributed by atoms with Crippen molar-refractivity contribution in [3.05, 3.63) is 128 Å². The average molecular weight is 771 g/mol. The van der Waals surface area contributed by atoms with Crippen LogP contribution in [0.5, 0.6) is 11.5 Å². The molecule has 0 heterocycles. The van der Waals surface area contributed by atoms with Crippen molar-refractivity contribution in [2.45, 2.75) is 129 Å². The van der Waals surface area contributed by atoms with Crippen molar-refractivity contribution in [2.24, 2.45) is 0 Å². The highest BCUT2D eigenvalue weighted by Crippen LogP contribution is 2.42. The van der Waals surface area contributed by atoms with Crippen molar-refractivity contribution in [2.75, 3.05) is 0 Å². The summed E-state index contributed by atoms with van der Waals surface area (Å²) >= 11 is 0. The van der Waals surface area contributed by atoms with Gasteiger partial charge in [0.05, 0.1) is 23.3 Å². The number of rotatable bonds is 16.